The second-order valence-corrected chi connectivity index (χ2v) is 5.66. The lowest BCUT2D eigenvalue weighted by molar-refractivity contribution is 0.214. The fourth-order valence-corrected chi connectivity index (χ4v) is 3.01. The summed E-state index contributed by atoms with van der Waals surface area (Å²) in [6.45, 7) is 1.29. The Labute approximate surface area is 97.4 Å². The van der Waals surface area contributed by atoms with E-state index in [1.807, 2.05) is 0 Å². The van der Waals surface area contributed by atoms with Crippen LogP contribution >= 0.6 is 12.4 Å². The molecule has 2 N–H and O–H groups in total. The first-order valence-electron chi connectivity index (χ1n) is 4.78. The van der Waals surface area contributed by atoms with Crippen molar-refractivity contribution >= 4 is 22.4 Å². The van der Waals surface area contributed by atoms with Gasteiger partial charge in [-0.15, -0.1) is 12.4 Å². The SMILES string of the molecule is COCCS(=O)(=O)N1CCC[C@@H](N)C1.Cl. The first-order valence-corrected chi connectivity index (χ1v) is 6.39. The van der Waals surface area contributed by atoms with Gasteiger partial charge in [-0.3, -0.25) is 0 Å². The van der Waals surface area contributed by atoms with Crippen molar-refractivity contribution in [3.8, 4) is 0 Å². The average molecular weight is 259 g/mol. The predicted molar refractivity (Wildman–Crippen MR) is 61.7 cm³/mol. The first-order chi connectivity index (χ1) is 6.56. The highest BCUT2D eigenvalue weighted by Crippen LogP contribution is 2.12. The smallest absolute Gasteiger partial charge is 0.216 e. The summed E-state index contributed by atoms with van der Waals surface area (Å²) in [5.74, 6) is 0.0518. The molecule has 1 rings (SSSR count). The van der Waals surface area contributed by atoms with Crippen LogP contribution in [-0.4, -0.2) is 51.3 Å². The quantitative estimate of drug-likeness (QED) is 0.759. The van der Waals surface area contributed by atoms with E-state index in [0.29, 0.717) is 13.1 Å². The third kappa shape index (κ3) is 4.65. The molecule has 0 aromatic heterocycles. The number of hydrogen-bond donors (Lipinski definition) is 1. The molecule has 7 heteroatoms. The third-order valence-electron chi connectivity index (χ3n) is 2.36. The Bertz CT molecular complexity index is 271. The Morgan fingerprint density at radius 2 is 2.20 bits per heavy atom. The molecule has 0 amide bonds. The molecule has 0 aromatic rings. The highest BCUT2D eigenvalue weighted by molar-refractivity contribution is 7.89. The Morgan fingerprint density at radius 1 is 1.53 bits per heavy atom. The molecular formula is C8H19ClN2O3S. The highest BCUT2D eigenvalue weighted by atomic mass is 35.5. The number of piperidine rings is 1. The monoisotopic (exact) mass is 258 g/mol. The minimum absolute atomic E-state index is 0. The summed E-state index contributed by atoms with van der Waals surface area (Å²) < 4.78 is 29.6. The van der Waals surface area contributed by atoms with Crippen molar-refractivity contribution in [2.75, 3.05) is 32.6 Å². The number of halogens is 1. The van der Waals surface area contributed by atoms with E-state index in [2.05, 4.69) is 0 Å². The molecule has 0 bridgehead atoms. The van der Waals surface area contributed by atoms with E-state index in [1.54, 1.807) is 0 Å². The Hall–Kier alpha value is 0.120. The lowest BCUT2D eigenvalue weighted by Crippen LogP contribution is -2.46. The van der Waals surface area contributed by atoms with Crippen LogP contribution in [0, 0.1) is 0 Å². The number of ether oxygens (including phenoxy) is 1. The molecule has 15 heavy (non-hydrogen) atoms. The van der Waals surface area contributed by atoms with Gasteiger partial charge in [-0.25, -0.2) is 12.7 Å². The molecule has 0 radical (unpaired) electrons. The van der Waals surface area contributed by atoms with E-state index in [-0.39, 0.29) is 30.8 Å². The number of hydrogen-bond acceptors (Lipinski definition) is 4. The number of nitrogens with two attached hydrogens (primary N) is 1. The molecule has 0 unspecified atom stereocenters. The van der Waals surface area contributed by atoms with Gasteiger partial charge in [0.1, 0.15) is 0 Å². The highest BCUT2D eigenvalue weighted by Gasteiger charge is 2.26. The molecule has 0 spiro atoms. The van der Waals surface area contributed by atoms with Gasteiger partial charge in [-0.2, -0.15) is 0 Å². The molecule has 1 aliphatic heterocycles. The van der Waals surface area contributed by atoms with Gasteiger partial charge in [0.25, 0.3) is 0 Å². The summed E-state index contributed by atoms with van der Waals surface area (Å²) in [5, 5.41) is 0. The number of methoxy groups -OCH3 is 1. The van der Waals surface area contributed by atoms with E-state index >= 15 is 0 Å². The van der Waals surface area contributed by atoms with Crippen LogP contribution in [-0.2, 0) is 14.8 Å². The van der Waals surface area contributed by atoms with Crippen LogP contribution in [0.2, 0.25) is 0 Å². The zero-order chi connectivity index (χ0) is 10.6. The summed E-state index contributed by atoms with van der Waals surface area (Å²) in [7, 11) is -1.65. The van der Waals surface area contributed by atoms with Gasteiger partial charge < -0.3 is 10.5 Å². The summed E-state index contributed by atoms with van der Waals surface area (Å²) in [6.07, 6.45) is 1.77. The van der Waals surface area contributed by atoms with E-state index in [1.165, 1.54) is 11.4 Å². The van der Waals surface area contributed by atoms with E-state index in [0.717, 1.165) is 12.8 Å². The molecule has 1 fully saturated rings. The lowest BCUT2D eigenvalue weighted by atomic mass is 10.1. The number of rotatable bonds is 4. The predicted octanol–water partition coefficient (Wildman–Crippen LogP) is -0.192. The fraction of sp³-hybridized carbons (Fsp3) is 1.00. The second-order valence-electron chi connectivity index (χ2n) is 3.57. The van der Waals surface area contributed by atoms with E-state index in [9.17, 15) is 8.42 Å². The summed E-state index contributed by atoms with van der Waals surface area (Å²) in [5.41, 5.74) is 5.71. The molecule has 0 aliphatic carbocycles. The van der Waals surface area contributed by atoms with Crippen molar-refractivity contribution in [2.24, 2.45) is 5.73 Å². The van der Waals surface area contributed by atoms with Gasteiger partial charge in [0.05, 0.1) is 12.4 Å². The molecule has 1 saturated heterocycles. The normalized spacial score (nSPS) is 23.5. The van der Waals surface area contributed by atoms with Crippen LogP contribution in [0.15, 0.2) is 0 Å². The Kier molecular flexibility index (Phi) is 6.70. The molecule has 1 aliphatic rings. The molecule has 1 heterocycles. The van der Waals surface area contributed by atoms with Crippen LogP contribution in [0.5, 0.6) is 0 Å². The van der Waals surface area contributed by atoms with Gasteiger partial charge in [-0.05, 0) is 12.8 Å². The maximum Gasteiger partial charge on any atom is 0.216 e. The zero-order valence-electron chi connectivity index (χ0n) is 8.89. The van der Waals surface area contributed by atoms with E-state index in [4.69, 9.17) is 10.5 Å². The maximum atomic E-state index is 11.7. The summed E-state index contributed by atoms with van der Waals surface area (Å²) in [6, 6.07) is -0.0129. The van der Waals surface area contributed by atoms with Crippen molar-refractivity contribution in [2.45, 2.75) is 18.9 Å². The minimum Gasteiger partial charge on any atom is -0.384 e. The molecule has 5 nitrogen and oxygen atoms in total. The maximum absolute atomic E-state index is 11.7. The van der Waals surface area contributed by atoms with Crippen LogP contribution in [0.1, 0.15) is 12.8 Å². The topological polar surface area (TPSA) is 72.6 Å². The van der Waals surface area contributed by atoms with Crippen LogP contribution in [0.4, 0.5) is 0 Å². The fourth-order valence-electron chi connectivity index (χ4n) is 1.54. The average Bonchev–Trinajstić information content (AvgIpc) is 2.15. The van der Waals surface area contributed by atoms with Crippen molar-refractivity contribution in [1.82, 2.24) is 4.31 Å². The van der Waals surface area contributed by atoms with E-state index < -0.39 is 10.0 Å². The van der Waals surface area contributed by atoms with Crippen molar-refractivity contribution < 1.29 is 13.2 Å². The Balaban J connectivity index is 0.00000196. The molecule has 0 aromatic carbocycles. The second kappa shape index (κ2) is 6.65. The lowest BCUT2D eigenvalue weighted by Gasteiger charge is -2.29. The number of sulfonamides is 1. The molecular weight excluding hydrogens is 240 g/mol. The minimum atomic E-state index is -3.15. The largest absolute Gasteiger partial charge is 0.384 e. The molecule has 1 atom stereocenters. The van der Waals surface area contributed by atoms with Crippen LogP contribution in [0.3, 0.4) is 0 Å². The Morgan fingerprint density at radius 3 is 2.73 bits per heavy atom. The van der Waals surface area contributed by atoms with Gasteiger partial charge in [0.15, 0.2) is 0 Å². The third-order valence-corrected chi connectivity index (χ3v) is 4.16. The van der Waals surface area contributed by atoms with Gasteiger partial charge in [-0.1, -0.05) is 0 Å². The van der Waals surface area contributed by atoms with Gasteiger partial charge in [0, 0.05) is 26.2 Å². The van der Waals surface area contributed by atoms with Gasteiger partial charge in [0.2, 0.25) is 10.0 Å². The first kappa shape index (κ1) is 15.1. The van der Waals surface area contributed by atoms with Crippen molar-refractivity contribution in [3.05, 3.63) is 0 Å². The van der Waals surface area contributed by atoms with Crippen molar-refractivity contribution in [1.29, 1.82) is 0 Å². The summed E-state index contributed by atoms with van der Waals surface area (Å²) in [4.78, 5) is 0. The zero-order valence-corrected chi connectivity index (χ0v) is 10.5. The van der Waals surface area contributed by atoms with Crippen molar-refractivity contribution in [3.63, 3.8) is 0 Å². The molecule has 0 saturated carbocycles. The van der Waals surface area contributed by atoms with Gasteiger partial charge >= 0.3 is 0 Å². The molecule has 92 valence electrons. The summed E-state index contributed by atoms with van der Waals surface area (Å²) >= 11 is 0. The number of nitrogens with zero attached hydrogens (tertiary/aromatic N) is 1. The van der Waals surface area contributed by atoms with Crippen LogP contribution < -0.4 is 5.73 Å². The van der Waals surface area contributed by atoms with Crippen LogP contribution in [0.25, 0.3) is 0 Å². The standard InChI is InChI=1S/C8H18N2O3S.ClH/c1-13-5-6-14(11,12)10-4-2-3-8(9)7-10;/h8H,2-7,9H2,1H3;1H/t8-;/m1./s1.